The van der Waals surface area contributed by atoms with Crippen LogP contribution in [0.5, 0.6) is 0 Å². The van der Waals surface area contributed by atoms with Gasteiger partial charge < -0.3 is 4.90 Å². The molecule has 1 aliphatic rings. The smallest absolute Gasteiger partial charge is 0.225 e. The van der Waals surface area contributed by atoms with Crippen LogP contribution in [0.4, 0.5) is 5.95 Å². The van der Waals surface area contributed by atoms with Gasteiger partial charge >= 0.3 is 0 Å². The van der Waals surface area contributed by atoms with Crippen LogP contribution in [0.25, 0.3) is 0 Å². The molecule has 1 aromatic heterocycles. The summed E-state index contributed by atoms with van der Waals surface area (Å²) < 4.78 is 0. The minimum Gasteiger partial charge on any atom is -0.341 e. The van der Waals surface area contributed by atoms with E-state index in [0.29, 0.717) is 0 Å². The van der Waals surface area contributed by atoms with Crippen molar-refractivity contribution in [1.29, 1.82) is 0 Å². The first-order valence-corrected chi connectivity index (χ1v) is 4.91. The molecule has 3 nitrogen and oxygen atoms in total. The van der Waals surface area contributed by atoms with Crippen molar-refractivity contribution >= 4 is 5.95 Å². The van der Waals surface area contributed by atoms with Gasteiger partial charge in [0.15, 0.2) is 0 Å². The summed E-state index contributed by atoms with van der Waals surface area (Å²) in [6.07, 6.45) is 5.74. The van der Waals surface area contributed by atoms with E-state index in [1.165, 1.54) is 19.3 Å². The molecule has 1 fully saturated rings. The van der Waals surface area contributed by atoms with Gasteiger partial charge in [-0.3, -0.25) is 0 Å². The lowest BCUT2D eigenvalue weighted by atomic mass is 10.1. The highest BCUT2D eigenvalue weighted by Gasteiger charge is 2.12. The molecule has 13 heavy (non-hydrogen) atoms. The zero-order valence-corrected chi connectivity index (χ0v) is 8.03. The van der Waals surface area contributed by atoms with Crippen LogP contribution in [0.2, 0.25) is 0 Å². The van der Waals surface area contributed by atoms with Gasteiger partial charge in [-0.25, -0.2) is 9.97 Å². The maximum atomic E-state index is 4.41. The molecule has 1 saturated heterocycles. The number of aryl methyl sites for hydroxylation is 1. The van der Waals surface area contributed by atoms with Crippen LogP contribution in [0.3, 0.4) is 0 Å². The van der Waals surface area contributed by atoms with E-state index in [1.54, 1.807) is 0 Å². The summed E-state index contributed by atoms with van der Waals surface area (Å²) >= 11 is 0. The van der Waals surface area contributed by atoms with Gasteiger partial charge in [0.2, 0.25) is 5.95 Å². The minimum atomic E-state index is 0.903. The first-order chi connectivity index (χ1) is 6.36. The maximum absolute atomic E-state index is 4.41. The van der Waals surface area contributed by atoms with Gasteiger partial charge in [0.1, 0.15) is 0 Å². The third-order valence-corrected chi connectivity index (χ3v) is 2.42. The van der Waals surface area contributed by atoms with E-state index in [4.69, 9.17) is 0 Å². The number of aromatic nitrogens is 2. The monoisotopic (exact) mass is 177 g/mol. The standard InChI is InChI=1S/C10H15N3/c1-9-5-6-11-10(12-9)13-7-3-2-4-8-13/h5-6H,2-4,7-8H2,1H3. The molecular formula is C10H15N3. The Morgan fingerprint density at radius 3 is 2.69 bits per heavy atom. The summed E-state index contributed by atoms with van der Waals surface area (Å²) in [5.74, 6) is 0.903. The van der Waals surface area contributed by atoms with Crippen molar-refractivity contribution in [2.45, 2.75) is 26.2 Å². The van der Waals surface area contributed by atoms with Crippen molar-refractivity contribution in [2.24, 2.45) is 0 Å². The quantitative estimate of drug-likeness (QED) is 0.654. The van der Waals surface area contributed by atoms with E-state index >= 15 is 0 Å². The van der Waals surface area contributed by atoms with Crippen LogP contribution in [0.15, 0.2) is 12.3 Å². The van der Waals surface area contributed by atoms with Gasteiger partial charge in [-0.15, -0.1) is 0 Å². The average molecular weight is 177 g/mol. The summed E-state index contributed by atoms with van der Waals surface area (Å²) in [6.45, 7) is 4.24. The molecular weight excluding hydrogens is 162 g/mol. The average Bonchev–Trinajstić information content (AvgIpc) is 2.19. The first kappa shape index (κ1) is 8.48. The zero-order valence-electron chi connectivity index (χ0n) is 8.03. The predicted octanol–water partition coefficient (Wildman–Crippen LogP) is 1.78. The van der Waals surface area contributed by atoms with Crippen molar-refractivity contribution in [2.75, 3.05) is 18.0 Å². The third kappa shape index (κ3) is 1.97. The van der Waals surface area contributed by atoms with Gasteiger partial charge in [-0.1, -0.05) is 0 Å². The highest BCUT2D eigenvalue weighted by molar-refractivity contribution is 5.30. The van der Waals surface area contributed by atoms with Crippen molar-refractivity contribution in [3.63, 3.8) is 0 Å². The highest BCUT2D eigenvalue weighted by Crippen LogP contribution is 2.14. The van der Waals surface area contributed by atoms with Crippen LogP contribution >= 0.6 is 0 Å². The lowest BCUT2D eigenvalue weighted by Crippen LogP contribution is -2.31. The molecule has 0 amide bonds. The first-order valence-electron chi connectivity index (χ1n) is 4.91. The van der Waals surface area contributed by atoms with Crippen LogP contribution in [0.1, 0.15) is 25.0 Å². The Bertz CT molecular complexity index is 279. The van der Waals surface area contributed by atoms with Gasteiger partial charge in [-0.05, 0) is 32.3 Å². The number of hydrogen-bond donors (Lipinski definition) is 0. The molecule has 0 atom stereocenters. The topological polar surface area (TPSA) is 29.0 Å². The Kier molecular flexibility index (Phi) is 2.43. The number of piperidine rings is 1. The summed E-state index contributed by atoms with van der Waals surface area (Å²) in [7, 11) is 0. The van der Waals surface area contributed by atoms with Gasteiger partial charge in [-0.2, -0.15) is 0 Å². The summed E-state index contributed by atoms with van der Waals surface area (Å²) in [5, 5.41) is 0. The Balaban J connectivity index is 2.14. The van der Waals surface area contributed by atoms with Crippen LogP contribution < -0.4 is 4.90 Å². The normalized spacial score (nSPS) is 17.5. The molecule has 0 radical (unpaired) electrons. The van der Waals surface area contributed by atoms with E-state index in [1.807, 2.05) is 19.2 Å². The molecule has 0 bridgehead atoms. The largest absolute Gasteiger partial charge is 0.341 e. The van der Waals surface area contributed by atoms with E-state index in [2.05, 4.69) is 14.9 Å². The second kappa shape index (κ2) is 3.73. The summed E-state index contributed by atoms with van der Waals surface area (Å²) in [5.41, 5.74) is 1.05. The summed E-state index contributed by atoms with van der Waals surface area (Å²) in [4.78, 5) is 11.0. The van der Waals surface area contributed by atoms with Gasteiger partial charge in [0.05, 0.1) is 0 Å². The predicted molar refractivity (Wildman–Crippen MR) is 52.8 cm³/mol. The molecule has 0 spiro atoms. The van der Waals surface area contributed by atoms with E-state index in [-0.39, 0.29) is 0 Å². The minimum absolute atomic E-state index is 0.903. The van der Waals surface area contributed by atoms with Crippen molar-refractivity contribution in [3.8, 4) is 0 Å². The van der Waals surface area contributed by atoms with Crippen molar-refractivity contribution in [3.05, 3.63) is 18.0 Å². The Labute approximate surface area is 78.8 Å². The molecule has 0 N–H and O–H groups in total. The van der Waals surface area contributed by atoms with Crippen LogP contribution in [-0.2, 0) is 0 Å². The Morgan fingerprint density at radius 2 is 2.00 bits per heavy atom. The Hall–Kier alpha value is -1.12. The fourth-order valence-corrected chi connectivity index (χ4v) is 1.68. The van der Waals surface area contributed by atoms with E-state index < -0.39 is 0 Å². The number of hydrogen-bond acceptors (Lipinski definition) is 3. The second-order valence-corrected chi connectivity index (χ2v) is 3.55. The maximum Gasteiger partial charge on any atom is 0.225 e. The molecule has 1 aliphatic heterocycles. The molecule has 2 rings (SSSR count). The van der Waals surface area contributed by atoms with Crippen molar-refractivity contribution in [1.82, 2.24) is 9.97 Å². The molecule has 0 aromatic carbocycles. The fourth-order valence-electron chi connectivity index (χ4n) is 1.68. The summed E-state index contributed by atoms with van der Waals surface area (Å²) in [6, 6.07) is 1.94. The molecule has 70 valence electrons. The molecule has 0 saturated carbocycles. The lowest BCUT2D eigenvalue weighted by molar-refractivity contribution is 0.567. The zero-order chi connectivity index (χ0) is 9.10. The molecule has 0 unspecified atom stereocenters. The Morgan fingerprint density at radius 1 is 1.23 bits per heavy atom. The number of anilines is 1. The number of nitrogens with zero attached hydrogens (tertiary/aromatic N) is 3. The van der Waals surface area contributed by atoms with E-state index in [0.717, 1.165) is 24.7 Å². The van der Waals surface area contributed by atoms with Gasteiger partial charge in [0, 0.05) is 25.0 Å². The molecule has 3 heteroatoms. The van der Waals surface area contributed by atoms with Crippen LogP contribution in [-0.4, -0.2) is 23.1 Å². The molecule has 1 aromatic rings. The SMILES string of the molecule is Cc1ccnc(N2CCCCC2)n1. The van der Waals surface area contributed by atoms with Gasteiger partial charge in [0.25, 0.3) is 0 Å². The third-order valence-electron chi connectivity index (χ3n) is 2.42. The van der Waals surface area contributed by atoms with Crippen molar-refractivity contribution < 1.29 is 0 Å². The highest BCUT2D eigenvalue weighted by atomic mass is 15.2. The number of rotatable bonds is 1. The second-order valence-electron chi connectivity index (χ2n) is 3.55. The molecule has 2 heterocycles. The lowest BCUT2D eigenvalue weighted by Gasteiger charge is -2.26. The van der Waals surface area contributed by atoms with E-state index in [9.17, 15) is 0 Å². The fraction of sp³-hybridized carbons (Fsp3) is 0.600. The van der Waals surface area contributed by atoms with Crippen LogP contribution in [0, 0.1) is 6.92 Å². The molecule has 0 aliphatic carbocycles.